The van der Waals surface area contributed by atoms with E-state index in [1.165, 1.54) is 20.2 Å². The highest BCUT2D eigenvalue weighted by molar-refractivity contribution is 7.12. The quantitative estimate of drug-likeness (QED) is 0.905. The first kappa shape index (κ1) is 12.7. The summed E-state index contributed by atoms with van der Waals surface area (Å²) in [4.78, 5) is 8.47. The largest absolute Gasteiger partial charge is 0.304 e. The molecular weight excluding hydrogens is 248 g/mol. The summed E-state index contributed by atoms with van der Waals surface area (Å²) < 4.78 is 0. The standard InChI is InChI=1S/C13H18N2S2/c1-8-5-12(17-11(8)4)6-14-9(2)13-10(3)15-7-16-13/h5,7,9,14H,6H2,1-4H3. The molecule has 2 rings (SSSR count). The van der Waals surface area contributed by atoms with E-state index in [1.54, 1.807) is 11.3 Å². The summed E-state index contributed by atoms with van der Waals surface area (Å²) in [7, 11) is 0. The van der Waals surface area contributed by atoms with Crippen LogP contribution >= 0.6 is 22.7 Å². The highest BCUT2D eigenvalue weighted by Crippen LogP contribution is 2.24. The van der Waals surface area contributed by atoms with Crippen molar-refractivity contribution in [3.05, 3.63) is 37.5 Å². The van der Waals surface area contributed by atoms with Crippen molar-refractivity contribution < 1.29 is 0 Å². The average molecular weight is 266 g/mol. The van der Waals surface area contributed by atoms with Crippen LogP contribution in [0.25, 0.3) is 0 Å². The first-order chi connectivity index (χ1) is 8.08. The van der Waals surface area contributed by atoms with Crippen LogP contribution in [0.15, 0.2) is 11.6 Å². The van der Waals surface area contributed by atoms with Crippen molar-refractivity contribution in [3.8, 4) is 0 Å². The second-order valence-corrected chi connectivity index (χ2v) is 6.58. The molecule has 2 aromatic heterocycles. The van der Waals surface area contributed by atoms with Crippen LogP contribution in [0.1, 0.15) is 38.9 Å². The highest BCUT2D eigenvalue weighted by Gasteiger charge is 2.11. The van der Waals surface area contributed by atoms with Crippen LogP contribution in [-0.4, -0.2) is 4.98 Å². The Morgan fingerprint density at radius 2 is 2.12 bits per heavy atom. The molecule has 0 amide bonds. The summed E-state index contributed by atoms with van der Waals surface area (Å²) in [5.74, 6) is 0. The normalized spacial score (nSPS) is 12.9. The number of thiazole rings is 1. The average Bonchev–Trinajstić information content (AvgIpc) is 2.83. The number of thiophene rings is 1. The maximum absolute atomic E-state index is 4.29. The highest BCUT2D eigenvalue weighted by atomic mass is 32.1. The molecule has 0 radical (unpaired) electrons. The Morgan fingerprint density at radius 3 is 2.65 bits per heavy atom. The summed E-state index contributed by atoms with van der Waals surface area (Å²) in [5, 5.41) is 3.56. The molecule has 0 aliphatic carbocycles. The fraction of sp³-hybridized carbons (Fsp3) is 0.462. The number of aromatic nitrogens is 1. The molecule has 0 saturated carbocycles. The van der Waals surface area contributed by atoms with E-state index in [9.17, 15) is 0 Å². The summed E-state index contributed by atoms with van der Waals surface area (Å²) in [6.07, 6.45) is 0. The first-order valence-corrected chi connectivity index (χ1v) is 7.47. The van der Waals surface area contributed by atoms with Crippen molar-refractivity contribution in [2.45, 2.75) is 40.3 Å². The summed E-state index contributed by atoms with van der Waals surface area (Å²) in [6.45, 7) is 9.57. The minimum absolute atomic E-state index is 0.380. The summed E-state index contributed by atoms with van der Waals surface area (Å²) in [5.41, 5.74) is 4.46. The third-order valence-electron chi connectivity index (χ3n) is 2.98. The molecule has 0 spiro atoms. The molecule has 17 heavy (non-hydrogen) atoms. The van der Waals surface area contributed by atoms with Crippen molar-refractivity contribution in [1.29, 1.82) is 0 Å². The van der Waals surface area contributed by atoms with Gasteiger partial charge in [-0.1, -0.05) is 0 Å². The van der Waals surface area contributed by atoms with Crippen molar-refractivity contribution in [2.75, 3.05) is 0 Å². The number of hydrogen-bond donors (Lipinski definition) is 1. The van der Waals surface area contributed by atoms with Crippen LogP contribution in [-0.2, 0) is 6.54 Å². The van der Waals surface area contributed by atoms with Crippen LogP contribution in [0.2, 0.25) is 0 Å². The van der Waals surface area contributed by atoms with Gasteiger partial charge in [0.2, 0.25) is 0 Å². The Kier molecular flexibility index (Phi) is 3.97. The molecule has 1 unspecified atom stereocenters. The fourth-order valence-electron chi connectivity index (χ4n) is 1.81. The lowest BCUT2D eigenvalue weighted by Crippen LogP contribution is -2.17. The molecular formula is C13H18N2S2. The zero-order valence-electron chi connectivity index (χ0n) is 10.7. The van der Waals surface area contributed by atoms with E-state index in [4.69, 9.17) is 0 Å². The SMILES string of the molecule is Cc1cc(CNC(C)c2scnc2C)sc1C. The van der Waals surface area contributed by atoms with Crippen molar-refractivity contribution in [3.63, 3.8) is 0 Å². The summed E-state index contributed by atoms with van der Waals surface area (Å²) in [6, 6.07) is 2.66. The number of nitrogens with one attached hydrogen (secondary N) is 1. The fourth-order valence-corrected chi connectivity index (χ4v) is 3.65. The molecule has 92 valence electrons. The van der Waals surface area contributed by atoms with Gasteiger partial charge in [-0.15, -0.1) is 22.7 Å². The lowest BCUT2D eigenvalue weighted by atomic mass is 10.2. The van der Waals surface area contributed by atoms with Gasteiger partial charge in [-0.25, -0.2) is 4.98 Å². The van der Waals surface area contributed by atoms with E-state index < -0.39 is 0 Å². The molecule has 4 heteroatoms. The van der Waals surface area contributed by atoms with Crippen LogP contribution in [0.4, 0.5) is 0 Å². The van der Waals surface area contributed by atoms with Crippen molar-refractivity contribution >= 4 is 22.7 Å². The minimum Gasteiger partial charge on any atom is -0.304 e. The van der Waals surface area contributed by atoms with Gasteiger partial charge in [-0.05, 0) is 39.3 Å². The van der Waals surface area contributed by atoms with E-state index in [0.717, 1.165) is 12.2 Å². The number of rotatable bonds is 4. The lowest BCUT2D eigenvalue weighted by molar-refractivity contribution is 0.583. The molecule has 2 heterocycles. The van der Waals surface area contributed by atoms with Gasteiger partial charge in [-0.3, -0.25) is 0 Å². The predicted molar refractivity (Wildman–Crippen MR) is 75.9 cm³/mol. The second-order valence-electron chi connectivity index (χ2n) is 4.36. The number of aryl methyl sites for hydroxylation is 3. The molecule has 1 N–H and O–H groups in total. The number of hydrogen-bond acceptors (Lipinski definition) is 4. The van der Waals surface area contributed by atoms with Crippen LogP contribution < -0.4 is 5.32 Å². The third kappa shape index (κ3) is 2.94. The molecule has 0 aliphatic rings. The molecule has 0 bridgehead atoms. The molecule has 2 nitrogen and oxygen atoms in total. The van der Waals surface area contributed by atoms with E-state index in [0.29, 0.717) is 6.04 Å². The maximum atomic E-state index is 4.29. The Morgan fingerprint density at radius 1 is 1.35 bits per heavy atom. The minimum atomic E-state index is 0.380. The Balaban J connectivity index is 1.97. The summed E-state index contributed by atoms with van der Waals surface area (Å²) >= 11 is 3.61. The second kappa shape index (κ2) is 5.29. The van der Waals surface area contributed by atoms with Crippen LogP contribution in [0.3, 0.4) is 0 Å². The van der Waals surface area contributed by atoms with Crippen molar-refractivity contribution in [1.82, 2.24) is 10.3 Å². The van der Waals surface area contributed by atoms with Gasteiger partial charge in [0.15, 0.2) is 0 Å². The molecule has 2 aromatic rings. The van der Waals surface area contributed by atoms with Gasteiger partial charge in [0.05, 0.1) is 11.2 Å². The van der Waals surface area contributed by atoms with E-state index in [-0.39, 0.29) is 0 Å². The Labute approximate surface area is 111 Å². The number of nitrogens with zero attached hydrogens (tertiary/aromatic N) is 1. The third-order valence-corrected chi connectivity index (χ3v) is 5.24. The molecule has 0 aliphatic heterocycles. The van der Waals surface area contributed by atoms with Gasteiger partial charge in [0.1, 0.15) is 0 Å². The Bertz CT molecular complexity index is 480. The van der Waals surface area contributed by atoms with E-state index in [2.05, 4.69) is 44.1 Å². The zero-order valence-corrected chi connectivity index (χ0v) is 12.3. The monoisotopic (exact) mass is 266 g/mol. The predicted octanol–water partition coefficient (Wildman–Crippen LogP) is 3.98. The Hall–Kier alpha value is -0.710. The maximum Gasteiger partial charge on any atom is 0.0798 e. The molecule has 1 atom stereocenters. The smallest absolute Gasteiger partial charge is 0.0798 e. The first-order valence-electron chi connectivity index (χ1n) is 5.77. The van der Waals surface area contributed by atoms with Crippen LogP contribution in [0.5, 0.6) is 0 Å². The lowest BCUT2D eigenvalue weighted by Gasteiger charge is -2.11. The molecule has 0 saturated heterocycles. The van der Waals surface area contributed by atoms with Crippen molar-refractivity contribution in [2.24, 2.45) is 0 Å². The van der Waals surface area contributed by atoms with E-state index in [1.807, 2.05) is 16.8 Å². The van der Waals surface area contributed by atoms with Gasteiger partial charge >= 0.3 is 0 Å². The molecule has 0 aromatic carbocycles. The topological polar surface area (TPSA) is 24.9 Å². The van der Waals surface area contributed by atoms with Gasteiger partial charge in [0.25, 0.3) is 0 Å². The van der Waals surface area contributed by atoms with Crippen LogP contribution in [0, 0.1) is 20.8 Å². The van der Waals surface area contributed by atoms with E-state index >= 15 is 0 Å². The zero-order chi connectivity index (χ0) is 12.4. The van der Waals surface area contributed by atoms with Gasteiger partial charge in [-0.2, -0.15) is 0 Å². The van der Waals surface area contributed by atoms with Gasteiger partial charge in [0, 0.05) is 27.2 Å². The molecule has 0 fully saturated rings. The van der Waals surface area contributed by atoms with Gasteiger partial charge < -0.3 is 5.32 Å².